The zero-order chi connectivity index (χ0) is 17.9. The predicted octanol–water partition coefficient (Wildman–Crippen LogP) is 3.97. The molecule has 0 saturated heterocycles. The number of thiazole rings is 1. The van der Waals surface area contributed by atoms with E-state index < -0.39 is 0 Å². The van der Waals surface area contributed by atoms with Gasteiger partial charge in [-0.25, -0.2) is 4.98 Å². The van der Waals surface area contributed by atoms with Gasteiger partial charge in [-0.2, -0.15) is 0 Å². The summed E-state index contributed by atoms with van der Waals surface area (Å²) in [6.07, 6.45) is 6.15. The van der Waals surface area contributed by atoms with Crippen molar-refractivity contribution < 1.29 is 4.79 Å². The van der Waals surface area contributed by atoms with Gasteiger partial charge in [-0.15, -0.1) is 11.3 Å². The Morgan fingerprint density at radius 3 is 2.73 bits per heavy atom. The van der Waals surface area contributed by atoms with E-state index in [1.807, 2.05) is 42.3 Å². The molecule has 3 aromatic rings. The molecule has 2 heterocycles. The van der Waals surface area contributed by atoms with Crippen LogP contribution in [0.2, 0.25) is 0 Å². The maximum absolute atomic E-state index is 12.9. The van der Waals surface area contributed by atoms with Gasteiger partial charge in [-0.05, 0) is 37.0 Å². The SMILES string of the molecule is CN(Cc1ccccc1)C(=O)C1CCc2nc(-c3ccncc3)sc2C1. The van der Waals surface area contributed by atoms with Gasteiger partial charge in [0.25, 0.3) is 0 Å². The van der Waals surface area contributed by atoms with Gasteiger partial charge in [0.15, 0.2) is 0 Å². The number of amides is 1. The number of carbonyl (C=O) groups excluding carboxylic acids is 1. The van der Waals surface area contributed by atoms with E-state index in [1.165, 1.54) is 4.88 Å². The van der Waals surface area contributed by atoms with Crippen molar-refractivity contribution in [2.24, 2.45) is 5.92 Å². The van der Waals surface area contributed by atoms with Crippen molar-refractivity contribution in [3.8, 4) is 10.6 Å². The number of benzene rings is 1. The van der Waals surface area contributed by atoms with Gasteiger partial charge in [-0.3, -0.25) is 9.78 Å². The summed E-state index contributed by atoms with van der Waals surface area (Å²) in [6.45, 7) is 0.661. The quantitative estimate of drug-likeness (QED) is 0.705. The average Bonchev–Trinajstić information content (AvgIpc) is 3.12. The Morgan fingerprint density at radius 2 is 1.96 bits per heavy atom. The van der Waals surface area contributed by atoms with Crippen LogP contribution in [0.1, 0.15) is 22.6 Å². The first kappa shape index (κ1) is 16.9. The monoisotopic (exact) mass is 363 g/mol. The molecule has 132 valence electrons. The molecule has 1 aliphatic rings. The largest absolute Gasteiger partial charge is 0.341 e. The molecule has 1 amide bonds. The van der Waals surface area contributed by atoms with Gasteiger partial charge < -0.3 is 4.90 Å². The molecule has 0 spiro atoms. The number of nitrogens with zero attached hydrogens (tertiary/aromatic N) is 3. The fourth-order valence-electron chi connectivity index (χ4n) is 3.45. The van der Waals surface area contributed by atoms with Crippen LogP contribution in [-0.4, -0.2) is 27.8 Å². The molecule has 1 aromatic carbocycles. The van der Waals surface area contributed by atoms with Crippen molar-refractivity contribution >= 4 is 17.2 Å². The zero-order valence-corrected chi connectivity index (χ0v) is 15.6. The normalized spacial score (nSPS) is 16.1. The van der Waals surface area contributed by atoms with Crippen molar-refractivity contribution in [3.05, 3.63) is 71.0 Å². The molecule has 4 rings (SSSR count). The van der Waals surface area contributed by atoms with Crippen molar-refractivity contribution in [1.29, 1.82) is 0 Å². The summed E-state index contributed by atoms with van der Waals surface area (Å²) in [6, 6.07) is 14.1. The molecule has 0 bridgehead atoms. The van der Waals surface area contributed by atoms with E-state index >= 15 is 0 Å². The van der Waals surface area contributed by atoms with E-state index in [2.05, 4.69) is 17.1 Å². The Balaban J connectivity index is 1.46. The topological polar surface area (TPSA) is 46.1 Å². The summed E-state index contributed by atoms with van der Waals surface area (Å²) in [5.41, 5.74) is 3.43. The number of aryl methyl sites for hydroxylation is 1. The molecule has 5 heteroatoms. The second-order valence-electron chi connectivity index (χ2n) is 6.74. The van der Waals surface area contributed by atoms with Gasteiger partial charge in [0.1, 0.15) is 5.01 Å². The zero-order valence-electron chi connectivity index (χ0n) is 14.8. The first-order chi connectivity index (χ1) is 12.7. The van der Waals surface area contributed by atoms with Gasteiger partial charge in [0.05, 0.1) is 5.69 Å². The van der Waals surface area contributed by atoms with Crippen molar-refractivity contribution in [2.45, 2.75) is 25.8 Å². The smallest absolute Gasteiger partial charge is 0.226 e. The van der Waals surface area contributed by atoms with Crippen LogP contribution in [0.25, 0.3) is 10.6 Å². The second kappa shape index (κ2) is 7.38. The molecule has 26 heavy (non-hydrogen) atoms. The number of hydrogen-bond donors (Lipinski definition) is 0. The lowest BCUT2D eigenvalue weighted by Crippen LogP contribution is -2.35. The summed E-state index contributed by atoms with van der Waals surface area (Å²) < 4.78 is 0. The van der Waals surface area contributed by atoms with Crippen LogP contribution in [-0.2, 0) is 24.2 Å². The van der Waals surface area contributed by atoms with E-state index in [4.69, 9.17) is 4.98 Å². The number of hydrogen-bond acceptors (Lipinski definition) is 4. The minimum atomic E-state index is 0.0574. The van der Waals surface area contributed by atoms with Crippen molar-refractivity contribution in [1.82, 2.24) is 14.9 Å². The van der Waals surface area contributed by atoms with E-state index in [0.29, 0.717) is 6.54 Å². The Labute approximate surface area is 157 Å². The molecule has 2 aromatic heterocycles. The summed E-state index contributed by atoms with van der Waals surface area (Å²) in [5, 5.41) is 1.03. The van der Waals surface area contributed by atoms with Gasteiger partial charge in [-0.1, -0.05) is 30.3 Å². The predicted molar refractivity (Wildman–Crippen MR) is 104 cm³/mol. The lowest BCUT2D eigenvalue weighted by atomic mass is 9.90. The van der Waals surface area contributed by atoms with Gasteiger partial charge in [0, 0.05) is 42.3 Å². The van der Waals surface area contributed by atoms with Crippen LogP contribution < -0.4 is 0 Å². The molecule has 4 nitrogen and oxygen atoms in total. The van der Waals surface area contributed by atoms with E-state index in [0.717, 1.165) is 41.1 Å². The van der Waals surface area contributed by atoms with E-state index in [1.54, 1.807) is 23.7 Å². The molecule has 0 aliphatic heterocycles. The van der Waals surface area contributed by atoms with Crippen LogP contribution in [0, 0.1) is 5.92 Å². The maximum atomic E-state index is 12.9. The Morgan fingerprint density at radius 1 is 1.19 bits per heavy atom. The third-order valence-corrected chi connectivity index (χ3v) is 6.02. The highest BCUT2D eigenvalue weighted by atomic mass is 32.1. The van der Waals surface area contributed by atoms with Crippen molar-refractivity contribution in [3.63, 3.8) is 0 Å². The minimum absolute atomic E-state index is 0.0574. The lowest BCUT2D eigenvalue weighted by molar-refractivity contribution is -0.135. The van der Waals surface area contributed by atoms with Gasteiger partial charge in [0.2, 0.25) is 5.91 Å². The number of rotatable bonds is 4. The molecule has 1 aliphatic carbocycles. The molecule has 0 saturated carbocycles. The van der Waals surface area contributed by atoms with Crippen LogP contribution >= 0.6 is 11.3 Å². The third-order valence-electron chi connectivity index (χ3n) is 4.85. The second-order valence-corrected chi connectivity index (χ2v) is 7.83. The highest BCUT2D eigenvalue weighted by Crippen LogP contribution is 2.35. The highest BCUT2D eigenvalue weighted by Gasteiger charge is 2.29. The number of fused-ring (bicyclic) bond motifs is 1. The Bertz CT molecular complexity index is 892. The fourth-order valence-corrected chi connectivity index (χ4v) is 4.64. The minimum Gasteiger partial charge on any atom is -0.341 e. The molecule has 0 fully saturated rings. The van der Waals surface area contributed by atoms with Crippen LogP contribution in [0.3, 0.4) is 0 Å². The summed E-state index contributed by atoms with van der Waals surface area (Å²) >= 11 is 1.72. The number of pyridine rings is 1. The molecule has 1 unspecified atom stereocenters. The Hall–Kier alpha value is -2.53. The molecule has 1 atom stereocenters. The first-order valence-electron chi connectivity index (χ1n) is 8.88. The highest BCUT2D eigenvalue weighted by molar-refractivity contribution is 7.15. The summed E-state index contributed by atoms with van der Waals surface area (Å²) in [5.74, 6) is 0.292. The van der Waals surface area contributed by atoms with Crippen LogP contribution in [0.5, 0.6) is 0 Å². The molecular formula is C21H21N3OS. The standard InChI is InChI=1S/C21H21N3OS/c1-24(14-15-5-3-2-4-6-15)21(25)17-7-8-18-19(13-17)26-20(23-18)16-9-11-22-12-10-16/h2-6,9-12,17H,7-8,13-14H2,1H3. The lowest BCUT2D eigenvalue weighted by Gasteiger charge is -2.26. The number of aromatic nitrogens is 2. The van der Waals surface area contributed by atoms with Crippen LogP contribution in [0.15, 0.2) is 54.9 Å². The Kier molecular flexibility index (Phi) is 4.80. The average molecular weight is 363 g/mol. The summed E-state index contributed by atoms with van der Waals surface area (Å²) in [4.78, 5) is 24.9. The molecule has 0 radical (unpaired) electrons. The first-order valence-corrected chi connectivity index (χ1v) is 9.70. The summed E-state index contributed by atoms with van der Waals surface area (Å²) in [7, 11) is 1.90. The number of carbonyl (C=O) groups is 1. The molecular weight excluding hydrogens is 342 g/mol. The van der Waals surface area contributed by atoms with E-state index in [-0.39, 0.29) is 11.8 Å². The van der Waals surface area contributed by atoms with Crippen molar-refractivity contribution in [2.75, 3.05) is 7.05 Å². The third kappa shape index (κ3) is 3.53. The fraction of sp³-hybridized carbons (Fsp3) is 0.286. The van der Waals surface area contributed by atoms with Crippen LogP contribution in [0.4, 0.5) is 0 Å². The van der Waals surface area contributed by atoms with Gasteiger partial charge >= 0.3 is 0 Å². The molecule has 0 N–H and O–H groups in total. The van der Waals surface area contributed by atoms with E-state index in [9.17, 15) is 4.79 Å². The maximum Gasteiger partial charge on any atom is 0.226 e.